The van der Waals surface area contributed by atoms with Crippen molar-refractivity contribution in [3.63, 3.8) is 0 Å². The maximum Gasteiger partial charge on any atom is 0.127 e. The first-order valence-electron chi connectivity index (χ1n) is 9.45. The molecule has 0 aliphatic rings. The Morgan fingerprint density at radius 1 is 0.667 bits per heavy atom. The van der Waals surface area contributed by atoms with Crippen LogP contribution in [0.5, 0.6) is 0 Å². The van der Waals surface area contributed by atoms with E-state index in [4.69, 9.17) is 0 Å². The Kier molecular flexibility index (Phi) is 7.11. The summed E-state index contributed by atoms with van der Waals surface area (Å²) in [6.07, 6.45) is 2.85. The fourth-order valence-corrected chi connectivity index (χ4v) is 3.26. The molecule has 140 valence electrons. The summed E-state index contributed by atoms with van der Waals surface area (Å²) in [4.78, 5) is 2.22. The van der Waals surface area contributed by atoms with Crippen molar-refractivity contribution in [3.05, 3.63) is 107 Å². The van der Waals surface area contributed by atoms with E-state index in [0.29, 0.717) is 12.1 Å². The van der Waals surface area contributed by atoms with E-state index >= 15 is 0 Å². The molecule has 0 radical (unpaired) electrons. The Morgan fingerprint density at radius 2 is 1.30 bits per heavy atom. The van der Waals surface area contributed by atoms with Crippen LogP contribution in [0.1, 0.15) is 23.1 Å². The fourth-order valence-electron chi connectivity index (χ4n) is 3.26. The zero-order valence-electron chi connectivity index (χ0n) is 15.5. The van der Waals surface area contributed by atoms with Crippen LogP contribution in [0, 0.1) is 11.6 Å². The Balaban J connectivity index is 1.62. The van der Waals surface area contributed by atoms with Gasteiger partial charge in [-0.15, -0.1) is 0 Å². The number of nitrogens with zero attached hydrogens (tertiary/aromatic N) is 1. The minimum Gasteiger partial charge on any atom is -0.299 e. The van der Waals surface area contributed by atoms with Gasteiger partial charge >= 0.3 is 0 Å². The summed E-state index contributed by atoms with van der Waals surface area (Å²) in [5, 5.41) is 0. The van der Waals surface area contributed by atoms with Crippen LogP contribution < -0.4 is 0 Å². The summed E-state index contributed by atoms with van der Waals surface area (Å²) in [6.45, 7) is 2.08. The molecule has 0 spiro atoms. The van der Waals surface area contributed by atoms with Crippen LogP contribution in [0.2, 0.25) is 0 Å². The van der Waals surface area contributed by atoms with Gasteiger partial charge in [-0.25, -0.2) is 8.78 Å². The third-order valence-corrected chi connectivity index (χ3v) is 4.74. The molecule has 0 aliphatic carbocycles. The number of halogens is 2. The van der Waals surface area contributed by atoms with Crippen LogP contribution in [0.15, 0.2) is 78.9 Å². The monoisotopic (exact) mass is 365 g/mol. The van der Waals surface area contributed by atoms with Gasteiger partial charge in [0.2, 0.25) is 0 Å². The van der Waals surface area contributed by atoms with Gasteiger partial charge in [0.1, 0.15) is 11.6 Å². The lowest BCUT2D eigenvalue weighted by Crippen LogP contribution is -2.27. The third kappa shape index (κ3) is 6.30. The zero-order valence-corrected chi connectivity index (χ0v) is 15.5. The zero-order chi connectivity index (χ0) is 18.9. The maximum absolute atomic E-state index is 14.1. The standard InChI is InChI=1S/C24H25F2N/c25-23-13-14-24(26)22(18-23)19-27(17-15-21-10-5-2-6-11-21)16-7-12-20-8-3-1-4-9-20/h1-6,8-11,13-14,18H,7,12,15-17,19H2. The van der Waals surface area contributed by atoms with Gasteiger partial charge in [0.05, 0.1) is 0 Å². The van der Waals surface area contributed by atoms with Crippen molar-refractivity contribution in [2.24, 2.45) is 0 Å². The molecule has 0 aliphatic heterocycles. The van der Waals surface area contributed by atoms with Crippen molar-refractivity contribution in [1.29, 1.82) is 0 Å². The van der Waals surface area contributed by atoms with Crippen molar-refractivity contribution in [3.8, 4) is 0 Å². The molecule has 3 rings (SSSR count). The molecular formula is C24H25F2N. The summed E-state index contributed by atoms with van der Waals surface area (Å²) < 4.78 is 27.6. The summed E-state index contributed by atoms with van der Waals surface area (Å²) in [7, 11) is 0. The van der Waals surface area contributed by atoms with E-state index in [9.17, 15) is 8.78 Å². The molecule has 0 N–H and O–H groups in total. The predicted octanol–water partition coefficient (Wildman–Crippen LogP) is 5.64. The number of benzene rings is 3. The van der Waals surface area contributed by atoms with Gasteiger partial charge in [0.15, 0.2) is 0 Å². The lowest BCUT2D eigenvalue weighted by Gasteiger charge is -2.23. The fraction of sp³-hybridized carbons (Fsp3) is 0.250. The van der Waals surface area contributed by atoms with Gasteiger partial charge in [0, 0.05) is 18.7 Å². The van der Waals surface area contributed by atoms with Crippen molar-refractivity contribution in [2.75, 3.05) is 13.1 Å². The minimum atomic E-state index is -0.390. The highest BCUT2D eigenvalue weighted by molar-refractivity contribution is 5.19. The minimum absolute atomic E-state index is 0.343. The Labute approximate surface area is 160 Å². The highest BCUT2D eigenvalue weighted by Crippen LogP contribution is 2.14. The van der Waals surface area contributed by atoms with Crippen LogP contribution >= 0.6 is 0 Å². The van der Waals surface area contributed by atoms with Crippen LogP contribution in [0.4, 0.5) is 8.78 Å². The Bertz CT molecular complexity index is 818. The van der Waals surface area contributed by atoms with Crippen LogP contribution in [0.3, 0.4) is 0 Å². The van der Waals surface area contributed by atoms with Crippen molar-refractivity contribution in [2.45, 2.75) is 25.8 Å². The molecule has 3 heteroatoms. The van der Waals surface area contributed by atoms with E-state index in [2.05, 4.69) is 29.2 Å². The Hall–Kier alpha value is -2.52. The molecule has 0 amide bonds. The lowest BCUT2D eigenvalue weighted by atomic mass is 10.1. The van der Waals surface area contributed by atoms with Gasteiger partial charge in [-0.2, -0.15) is 0 Å². The molecule has 1 nitrogen and oxygen atoms in total. The molecule has 0 saturated heterocycles. The van der Waals surface area contributed by atoms with E-state index in [1.165, 1.54) is 29.3 Å². The van der Waals surface area contributed by atoms with Crippen molar-refractivity contribution >= 4 is 0 Å². The molecule has 0 bridgehead atoms. The van der Waals surface area contributed by atoms with Crippen LogP contribution in [-0.2, 0) is 19.4 Å². The molecule has 3 aromatic carbocycles. The lowest BCUT2D eigenvalue weighted by molar-refractivity contribution is 0.261. The summed E-state index contributed by atoms with van der Waals surface area (Å²) in [6, 6.07) is 24.3. The van der Waals surface area contributed by atoms with Gasteiger partial charge in [-0.3, -0.25) is 4.90 Å². The first kappa shape index (κ1) is 19.2. The average Bonchev–Trinajstić information content (AvgIpc) is 2.70. The number of hydrogen-bond donors (Lipinski definition) is 0. The van der Waals surface area contributed by atoms with E-state index < -0.39 is 5.82 Å². The van der Waals surface area contributed by atoms with Crippen molar-refractivity contribution < 1.29 is 8.78 Å². The first-order chi connectivity index (χ1) is 13.2. The smallest absolute Gasteiger partial charge is 0.127 e. The van der Waals surface area contributed by atoms with E-state index in [0.717, 1.165) is 32.4 Å². The maximum atomic E-state index is 14.1. The van der Waals surface area contributed by atoms with Crippen LogP contribution in [0.25, 0.3) is 0 Å². The third-order valence-electron chi connectivity index (χ3n) is 4.74. The molecule has 0 saturated carbocycles. The normalized spacial score (nSPS) is 11.1. The average molecular weight is 365 g/mol. The highest BCUT2D eigenvalue weighted by atomic mass is 19.1. The molecule has 3 aromatic rings. The predicted molar refractivity (Wildman–Crippen MR) is 107 cm³/mol. The SMILES string of the molecule is Fc1ccc(F)c(CN(CCCc2ccccc2)CCc2ccccc2)c1. The van der Waals surface area contributed by atoms with Gasteiger partial charge < -0.3 is 0 Å². The van der Waals surface area contributed by atoms with E-state index in [-0.39, 0.29) is 5.82 Å². The van der Waals surface area contributed by atoms with Crippen molar-refractivity contribution in [1.82, 2.24) is 4.90 Å². The van der Waals surface area contributed by atoms with Gasteiger partial charge in [-0.1, -0.05) is 60.7 Å². The number of rotatable bonds is 9. The summed E-state index contributed by atoms with van der Waals surface area (Å²) in [5.74, 6) is -0.733. The second-order valence-corrected chi connectivity index (χ2v) is 6.84. The molecule has 0 heterocycles. The topological polar surface area (TPSA) is 3.24 Å². The quantitative estimate of drug-likeness (QED) is 0.474. The summed E-state index contributed by atoms with van der Waals surface area (Å²) >= 11 is 0. The molecule has 0 atom stereocenters. The second-order valence-electron chi connectivity index (χ2n) is 6.84. The number of hydrogen-bond acceptors (Lipinski definition) is 1. The van der Waals surface area contributed by atoms with Crippen LogP contribution in [-0.4, -0.2) is 18.0 Å². The Morgan fingerprint density at radius 3 is 1.96 bits per heavy atom. The molecular weight excluding hydrogens is 340 g/mol. The van der Waals surface area contributed by atoms with Gasteiger partial charge in [-0.05, 0) is 55.1 Å². The highest BCUT2D eigenvalue weighted by Gasteiger charge is 2.11. The van der Waals surface area contributed by atoms with E-state index in [1.807, 2.05) is 36.4 Å². The molecule has 27 heavy (non-hydrogen) atoms. The van der Waals surface area contributed by atoms with E-state index in [1.54, 1.807) is 0 Å². The molecule has 0 aromatic heterocycles. The van der Waals surface area contributed by atoms with Gasteiger partial charge in [0.25, 0.3) is 0 Å². The largest absolute Gasteiger partial charge is 0.299 e. The second kappa shape index (κ2) is 9.98. The summed E-state index contributed by atoms with van der Waals surface area (Å²) in [5.41, 5.74) is 2.98. The molecule has 0 fully saturated rings. The molecule has 0 unspecified atom stereocenters. The first-order valence-corrected chi connectivity index (χ1v) is 9.45. The number of aryl methyl sites for hydroxylation is 1.